The monoisotopic (exact) mass is 127 g/mol. The van der Waals surface area contributed by atoms with Crippen molar-refractivity contribution in [1.82, 2.24) is 5.32 Å². The maximum absolute atomic E-state index is 9.97. The Morgan fingerprint density at radius 2 is 2.44 bits per heavy atom. The van der Waals surface area contributed by atoms with Gasteiger partial charge in [0, 0.05) is 25.1 Å². The van der Waals surface area contributed by atoms with Crippen LogP contribution in [0.15, 0.2) is 12.3 Å². The molecule has 0 bridgehead atoms. The van der Waals surface area contributed by atoms with Gasteiger partial charge in [-0.05, 0) is 0 Å². The summed E-state index contributed by atoms with van der Waals surface area (Å²) in [6.07, 6.45) is 1.47. The van der Waals surface area contributed by atoms with Gasteiger partial charge in [0.15, 0.2) is 0 Å². The molecular formula is C7H13NO. The molecule has 9 heavy (non-hydrogen) atoms. The van der Waals surface area contributed by atoms with Crippen LogP contribution in [0.5, 0.6) is 0 Å². The van der Waals surface area contributed by atoms with E-state index in [0.29, 0.717) is 6.42 Å². The fourth-order valence-corrected chi connectivity index (χ4v) is 0.533. The van der Waals surface area contributed by atoms with Crippen molar-refractivity contribution in [1.29, 1.82) is 0 Å². The first-order valence-corrected chi connectivity index (χ1v) is 3.02. The van der Waals surface area contributed by atoms with E-state index in [1.807, 2.05) is 14.0 Å². The highest BCUT2D eigenvalue weighted by Crippen LogP contribution is 2.06. The topological polar surface area (TPSA) is 29.1 Å². The second-order valence-corrected chi connectivity index (χ2v) is 2.08. The van der Waals surface area contributed by atoms with Crippen LogP contribution < -0.4 is 5.32 Å². The van der Waals surface area contributed by atoms with Gasteiger partial charge >= 0.3 is 0 Å². The summed E-state index contributed by atoms with van der Waals surface area (Å²) in [5, 5.41) is 2.90. The molecule has 0 fully saturated rings. The second-order valence-electron chi connectivity index (χ2n) is 2.08. The summed E-state index contributed by atoms with van der Waals surface area (Å²) in [5.74, 6) is 0.257. The van der Waals surface area contributed by atoms with Gasteiger partial charge in [-0.15, -0.1) is 0 Å². The molecule has 1 atom stereocenters. The first-order valence-electron chi connectivity index (χ1n) is 3.02. The van der Waals surface area contributed by atoms with Crippen molar-refractivity contribution in [3.8, 4) is 0 Å². The summed E-state index contributed by atoms with van der Waals surface area (Å²) >= 11 is 0. The molecule has 52 valence electrons. The van der Waals surface area contributed by atoms with Gasteiger partial charge in [-0.1, -0.05) is 13.5 Å². The van der Waals surface area contributed by atoms with Crippen LogP contribution in [0.3, 0.4) is 0 Å². The summed E-state index contributed by atoms with van der Waals surface area (Å²) in [4.78, 5) is 9.97. The number of allylic oxidation sites excluding steroid dienone is 1. The summed E-state index contributed by atoms with van der Waals surface area (Å²) < 4.78 is 0. The minimum atomic E-state index is 0.257. The first-order chi connectivity index (χ1) is 4.22. The number of rotatable bonds is 4. The molecule has 2 nitrogen and oxygen atoms in total. The van der Waals surface area contributed by atoms with Crippen LogP contribution in [-0.4, -0.2) is 13.3 Å². The lowest BCUT2D eigenvalue weighted by molar-refractivity contribution is -0.108. The molecule has 0 aliphatic heterocycles. The fraction of sp³-hybridized carbons (Fsp3) is 0.571. The third-order valence-corrected chi connectivity index (χ3v) is 1.37. The fourth-order valence-electron chi connectivity index (χ4n) is 0.533. The maximum atomic E-state index is 9.97. The Balaban J connectivity index is 3.58. The van der Waals surface area contributed by atoms with E-state index in [-0.39, 0.29) is 5.92 Å². The van der Waals surface area contributed by atoms with Crippen LogP contribution in [0.2, 0.25) is 0 Å². The molecule has 0 rings (SSSR count). The average Bonchev–Trinajstić information content (AvgIpc) is 1.87. The van der Waals surface area contributed by atoms with Crippen LogP contribution in [0.4, 0.5) is 0 Å². The summed E-state index contributed by atoms with van der Waals surface area (Å²) in [6, 6.07) is 0. The Hall–Kier alpha value is -0.790. The molecule has 0 radical (unpaired) electrons. The third-order valence-electron chi connectivity index (χ3n) is 1.37. The molecule has 0 heterocycles. The van der Waals surface area contributed by atoms with Gasteiger partial charge in [-0.3, -0.25) is 0 Å². The Morgan fingerprint density at radius 1 is 1.89 bits per heavy atom. The van der Waals surface area contributed by atoms with E-state index in [1.165, 1.54) is 0 Å². The Bertz CT molecular complexity index is 109. The van der Waals surface area contributed by atoms with Gasteiger partial charge in [0.2, 0.25) is 0 Å². The van der Waals surface area contributed by atoms with Gasteiger partial charge in [0.1, 0.15) is 6.29 Å². The molecule has 0 unspecified atom stereocenters. The molecule has 0 spiro atoms. The minimum Gasteiger partial charge on any atom is -0.392 e. The normalized spacial score (nSPS) is 12.2. The average molecular weight is 127 g/mol. The van der Waals surface area contributed by atoms with Crippen molar-refractivity contribution >= 4 is 6.29 Å². The van der Waals surface area contributed by atoms with E-state index >= 15 is 0 Å². The smallest absolute Gasteiger partial charge is 0.120 e. The summed E-state index contributed by atoms with van der Waals surface area (Å²) in [7, 11) is 1.81. The predicted molar refractivity (Wildman–Crippen MR) is 38.0 cm³/mol. The Labute approximate surface area is 56.0 Å². The van der Waals surface area contributed by atoms with E-state index in [4.69, 9.17) is 0 Å². The largest absolute Gasteiger partial charge is 0.392 e. The number of hydrogen-bond acceptors (Lipinski definition) is 2. The maximum Gasteiger partial charge on any atom is 0.120 e. The SMILES string of the molecule is C=C(NC)[C@H](C)CC=O. The highest BCUT2D eigenvalue weighted by atomic mass is 16.1. The standard InChI is InChI=1S/C7H13NO/c1-6(4-5-9)7(2)8-3/h5-6,8H,2,4H2,1,3H3/t6-/m1/s1. The van der Waals surface area contributed by atoms with Crippen LogP contribution in [-0.2, 0) is 4.79 Å². The van der Waals surface area contributed by atoms with E-state index in [2.05, 4.69) is 11.9 Å². The van der Waals surface area contributed by atoms with Gasteiger partial charge in [-0.25, -0.2) is 0 Å². The zero-order valence-corrected chi connectivity index (χ0v) is 5.98. The zero-order valence-electron chi connectivity index (χ0n) is 5.98. The molecule has 0 saturated heterocycles. The van der Waals surface area contributed by atoms with E-state index in [1.54, 1.807) is 0 Å². The number of nitrogens with one attached hydrogen (secondary N) is 1. The van der Waals surface area contributed by atoms with E-state index in [9.17, 15) is 4.79 Å². The van der Waals surface area contributed by atoms with Gasteiger partial charge in [-0.2, -0.15) is 0 Å². The summed E-state index contributed by atoms with van der Waals surface area (Å²) in [5.41, 5.74) is 0.919. The predicted octanol–water partition coefficient (Wildman–Crippen LogP) is 0.945. The zero-order chi connectivity index (χ0) is 7.28. The van der Waals surface area contributed by atoms with Crippen molar-refractivity contribution in [2.24, 2.45) is 5.92 Å². The van der Waals surface area contributed by atoms with Crippen LogP contribution in [0, 0.1) is 5.92 Å². The molecule has 0 aromatic rings. The van der Waals surface area contributed by atoms with Gasteiger partial charge in [0.25, 0.3) is 0 Å². The summed E-state index contributed by atoms with van der Waals surface area (Å²) in [6.45, 7) is 5.69. The minimum absolute atomic E-state index is 0.257. The highest BCUT2D eigenvalue weighted by molar-refractivity contribution is 5.50. The highest BCUT2D eigenvalue weighted by Gasteiger charge is 2.01. The Kier molecular flexibility index (Phi) is 3.76. The van der Waals surface area contributed by atoms with Crippen molar-refractivity contribution in [3.63, 3.8) is 0 Å². The van der Waals surface area contributed by atoms with Gasteiger partial charge < -0.3 is 10.1 Å². The van der Waals surface area contributed by atoms with Crippen molar-refractivity contribution < 1.29 is 4.79 Å². The lowest BCUT2D eigenvalue weighted by Crippen LogP contribution is -2.12. The van der Waals surface area contributed by atoms with Crippen molar-refractivity contribution in [2.45, 2.75) is 13.3 Å². The number of aldehydes is 1. The van der Waals surface area contributed by atoms with Crippen LogP contribution in [0.1, 0.15) is 13.3 Å². The molecule has 1 N–H and O–H groups in total. The van der Waals surface area contributed by atoms with Crippen molar-refractivity contribution in [3.05, 3.63) is 12.3 Å². The Morgan fingerprint density at radius 3 is 2.78 bits per heavy atom. The lowest BCUT2D eigenvalue weighted by atomic mass is 10.1. The first kappa shape index (κ1) is 8.21. The molecular weight excluding hydrogens is 114 g/mol. The molecule has 0 aromatic heterocycles. The molecule has 0 aliphatic carbocycles. The van der Waals surface area contributed by atoms with Crippen LogP contribution in [0.25, 0.3) is 0 Å². The quantitative estimate of drug-likeness (QED) is 0.569. The number of carbonyl (C=O) groups is 1. The molecule has 0 aliphatic rings. The number of hydrogen-bond donors (Lipinski definition) is 1. The third kappa shape index (κ3) is 2.90. The van der Waals surface area contributed by atoms with Crippen molar-refractivity contribution in [2.75, 3.05) is 7.05 Å². The molecule has 0 amide bonds. The molecule has 0 aromatic carbocycles. The van der Waals surface area contributed by atoms with Gasteiger partial charge in [0.05, 0.1) is 0 Å². The number of carbonyl (C=O) groups excluding carboxylic acids is 1. The molecule has 0 saturated carbocycles. The van der Waals surface area contributed by atoms with E-state index < -0.39 is 0 Å². The second kappa shape index (κ2) is 4.13. The van der Waals surface area contributed by atoms with E-state index in [0.717, 1.165) is 12.0 Å². The van der Waals surface area contributed by atoms with Crippen LogP contribution >= 0.6 is 0 Å². The molecule has 2 heteroatoms. The lowest BCUT2D eigenvalue weighted by Gasteiger charge is -2.09.